The first kappa shape index (κ1) is 25.8. The highest BCUT2D eigenvalue weighted by Gasteiger charge is 2.33. The molecule has 0 N–H and O–H groups in total. The lowest BCUT2D eigenvalue weighted by Crippen LogP contribution is -2.27. The monoisotopic (exact) mass is 567 g/mol. The van der Waals surface area contributed by atoms with Crippen LogP contribution in [-0.2, 0) is 17.9 Å². The van der Waals surface area contributed by atoms with Crippen molar-refractivity contribution in [2.24, 2.45) is 0 Å². The van der Waals surface area contributed by atoms with Crippen LogP contribution in [0, 0.1) is 5.82 Å². The number of carbonyl (C=O) groups is 1. The van der Waals surface area contributed by atoms with Crippen LogP contribution in [0.4, 0.5) is 4.39 Å². The van der Waals surface area contributed by atoms with E-state index in [2.05, 4.69) is 0 Å². The van der Waals surface area contributed by atoms with Gasteiger partial charge in [-0.05, 0) is 60.7 Å². The van der Waals surface area contributed by atoms with Crippen molar-refractivity contribution in [2.45, 2.75) is 13.2 Å². The average molecular weight is 568 g/mol. The molecule has 1 aliphatic rings. The smallest absolute Gasteiger partial charge is 0.266 e. The molecule has 0 bridgehead atoms. The number of halogens is 1. The zero-order valence-electron chi connectivity index (χ0n) is 21.1. The van der Waals surface area contributed by atoms with Crippen LogP contribution in [0.3, 0.4) is 0 Å². The Hall–Kier alpha value is -4.47. The highest BCUT2D eigenvalue weighted by atomic mass is 32.2. The van der Waals surface area contributed by atoms with Gasteiger partial charge in [-0.3, -0.25) is 9.69 Å². The van der Waals surface area contributed by atoms with E-state index in [1.165, 1.54) is 22.7 Å². The van der Waals surface area contributed by atoms with Gasteiger partial charge in [0.05, 0.1) is 29.1 Å². The third-order valence-electron chi connectivity index (χ3n) is 6.30. The molecule has 0 spiro atoms. The summed E-state index contributed by atoms with van der Waals surface area (Å²) in [6, 6.07) is 27.3. The zero-order valence-corrected chi connectivity index (χ0v) is 22.7. The van der Waals surface area contributed by atoms with Crippen molar-refractivity contribution in [1.82, 2.24) is 14.7 Å². The Morgan fingerprint density at radius 3 is 2.50 bits per heavy atom. The molecule has 5 aromatic rings. The Balaban J connectivity index is 1.29. The van der Waals surface area contributed by atoms with Gasteiger partial charge in [0.2, 0.25) is 0 Å². The number of furan rings is 1. The molecule has 0 saturated carbocycles. The van der Waals surface area contributed by atoms with Crippen molar-refractivity contribution in [3.8, 4) is 22.7 Å². The van der Waals surface area contributed by atoms with Gasteiger partial charge >= 0.3 is 0 Å². The second-order valence-electron chi connectivity index (χ2n) is 8.96. The third-order valence-corrected chi connectivity index (χ3v) is 7.68. The molecule has 40 heavy (non-hydrogen) atoms. The highest BCUT2D eigenvalue weighted by molar-refractivity contribution is 8.26. The van der Waals surface area contributed by atoms with Gasteiger partial charge in [-0.25, -0.2) is 9.07 Å². The molecule has 198 valence electrons. The number of hydrogen-bond donors (Lipinski definition) is 0. The molecule has 9 heteroatoms. The van der Waals surface area contributed by atoms with Gasteiger partial charge < -0.3 is 9.15 Å². The number of ether oxygens (including phenoxy) is 1. The van der Waals surface area contributed by atoms with Crippen molar-refractivity contribution in [2.75, 3.05) is 0 Å². The largest absolute Gasteiger partial charge is 0.489 e. The first-order valence-electron chi connectivity index (χ1n) is 12.4. The Kier molecular flexibility index (Phi) is 7.31. The quantitative estimate of drug-likeness (QED) is 0.145. The molecule has 6 nitrogen and oxygen atoms in total. The molecular formula is C31H22FN3O3S2. The van der Waals surface area contributed by atoms with E-state index in [-0.39, 0.29) is 24.9 Å². The standard InChI is InChI=1S/C31H22FN3O3S2/c32-27-11-5-4-7-22(27)20-38-25-14-12-21(13-15-25)29-23(18-35(33-29)24-8-2-1-3-9-24)17-28-30(36)34(31(39)40-28)19-26-10-6-16-37-26/h1-18H,19-20H2/b28-17-. The van der Waals surface area contributed by atoms with Gasteiger partial charge in [-0.1, -0.05) is 60.4 Å². The van der Waals surface area contributed by atoms with Crippen LogP contribution in [0.2, 0.25) is 0 Å². The van der Waals surface area contributed by atoms with Crippen molar-refractivity contribution < 1.29 is 18.3 Å². The number of para-hydroxylation sites is 1. The van der Waals surface area contributed by atoms with Crippen LogP contribution in [0.5, 0.6) is 5.75 Å². The van der Waals surface area contributed by atoms with Gasteiger partial charge in [0.25, 0.3) is 5.91 Å². The van der Waals surface area contributed by atoms with E-state index in [1.54, 1.807) is 35.2 Å². The molecule has 3 aromatic carbocycles. The Morgan fingerprint density at radius 1 is 0.975 bits per heavy atom. The van der Waals surface area contributed by atoms with E-state index >= 15 is 0 Å². The van der Waals surface area contributed by atoms with Gasteiger partial charge in [-0.2, -0.15) is 5.10 Å². The summed E-state index contributed by atoms with van der Waals surface area (Å²) in [6.45, 7) is 0.402. The molecule has 0 atom stereocenters. The van der Waals surface area contributed by atoms with E-state index in [1.807, 2.05) is 72.9 Å². The number of thioether (sulfide) groups is 1. The summed E-state index contributed by atoms with van der Waals surface area (Å²) in [5.74, 6) is 0.786. The first-order valence-corrected chi connectivity index (χ1v) is 13.7. The van der Waals surface area contributed by atoms with Crippen LogP contribution >= 0.6 is 24.0 Å². The maximum absolute atomic E-state index is 14.0. The van der Waals surface area contributed by atoms with Crippen molar-refractivity contribution >= 4 is 40.3 Å². The summed E-state index contributed by atoms with van der Waals surface area (Å²) in [4.78, 5) is 15.3. The maximum atomic E-state index is 14.0. The van der Waals surface area contributed by atoms with Gasteiger partial charge in [0.1, 0.15) is 28.3 Å². The van der Waals surface area contributed by atoms with E-state index in [9.17, 15) is 9.18 Å². The number of thiocarbonyl (C=S) groups is 1. The predicted octanol–water partition coefficient (Wildman–Crippen LogP) is 7.25. The van der Waals surface area contributed by atoms with E-state index < -0.39 is 0 Å². The molecule has 0 aliphatic carbocycles. The predicted molar refractivity (Wildman–Crippen MR) is 157 cm³/mol. The number of hydrogen-bond acceptors (Lipinski definition) is 6. The average Bonchev–Trinajstić information content (AvgIpc) is 3.71. The summed E-state index contributed by atoms with van der Waals surface area (Å²) < 4.78 is 27.4. The number of rotatable bonds is 8. The molecule has 1 aliphatic heterocycles. The van der Waals surface area contributed by atoms with Crippen LogP contribution in [-0.4, -0.2) is 24.9 Å². The molecule has 6 rings (SSSR count). The molecule has 2 aromatic heterocycles. The number of amides is 1. The minimum absolute atomic E-state index is 0.125. The second-order valence-corrected chi connectivity index (χ2v) is 10.6. The minimum Gasteiger partial charge on any atom is -0.489 e. The Bertz CT molecular complexity index is 1700. The summed E-state index contributed by atoms with van der Waals surface area (Å²) in [7, 11) is 0. The van der Waals surface area contributed by atoms with Gasteiger partial charge in [0, 0.05) is 22.9 Å². The number of benzene rings is 3. The van der Waals surface area contributed by atoms with Crippen LogP contribution in [0.15, 0.2) is 113 Å². The molecule has 1 amide bonds. The SMILES string of the molecule is O=C1/C(=C/c2cn(-c3ccccc3)nc2-c2ccc(OCc3ccccc3F)cc2)SC(=S)N1Cc1ccco1. The molecular weight excluding hydrogens is 545 g/mol. The second kappa shape index (κ2) is 11.3. The first-order chi connectivity index (χ1) is 19.5. The third kappa shape index (κ3) is 5.47. The number of aromatic nitrogens is 2. The molecule has 0 radical (unpaired) electrons. The molecule has 1 fully saturated rings. The van der Waals surface area contributed by atoms with Crippen LogP contribution in [0.25, 0.3) is 23.0 Å². The fourth-order valence-corrected chi connectivity index (χ4v) is 5.50. The molecule has 1 saturated heterocycles. The molecule has 3 heterocycles. The zero-order chi connectivity index (χ0) is 27.5. The van der Waals surface area contributed by atoms with Crippen LogP contribution < -0.4 is 4.74 Å². The summed E-state index contributed by atoms with van der Waals surface area (Å²) in [6.07, 6.45) is 5.29. The number of carbonyl (C=O) groups excluding carboxylic acids is 1. The molecule has 0 unspecified atom stereocenters. The number of nitrogens with zero attached hydrogens (tertiary/aromatic N) is 3. The summed E-state index contributed by atoms with van der Waals surface area (Å²) >= 11 is 6.76. The van der Waals surface area contributed by atoms with Crippen molar-refractivity contribution in [3.05, 3.63) is 131 Å². The van der Waals surface area contributed by atoms with E-state index in [4.69, 9.17) is 26.5 Å². The highest BCUT2D eigenvalue weighted by Crippen LogP contribution is 2.36. The fraction of sp³-hybridized carbons (Fsp3) is 0.0645. The Labute approximate surface area is 239 Å². The lowest BCUT2D eigenvalue weighted by atomic mass is 10.1. The van der Waals surface area contributed by atoms with Gasteiger partial charge in [0.15, 0.2) is 0 Å². The normalized spacial score (nSPS) is 14.3. The van der Waals surface area contributed by atoms with Gasteiger partial charge in [-0.15, -0.1) is 0 Å². The lowest BCUT2D eigenvalue weighted by Gasteiger charge is -2.11. The Morgan fingerprint density at radius 2 is 1.75 bits per heavy atom. The topological polar surface area (TPSA) is 60.5 Å². The minimum atomic E-state index is -0.301. The van der Waals surface area contributed by atoms with Crippen molar-refractivity contribution in [3.63, 3.8) is 0 Å². The van der Waals surface area contributed by atoms with E-state index in [0.717, 1.165) is 16.8 Å². The van der Waals surface area contributed by atoms with Crippen LogP contribution in [0.1, 0.15) is 16.9 Å². The van der Waals surface area contributed by atoms with Crippen molar-refractivity contribution in [1.29, 1.82) is 0 Å². The van der Waals surface area contributed by atoms with E-state index in [0.29, 0.717) is 32.0 Å². The maximum Gasteiger partial charge on any atom is 0.266 e. The lowest BCUT2D eigenvalue weighted by molar-refractivity contribution is -0.122. The summed E-state index contributed by atoms with van der Waals surface area (Å²) in [5.41, 5.74) is 3.67. The fourth-order valence-electron chi connectivity index (χ4n) is 4.25. The summed E-state index contributed by atoms with van der Waals surface area (Å²) in [5, 5.41) is 4.85.